The molecule has 0 aromatic heterocycles. The fourth-order valence-electron chi connectivity index (χ4n) is 2.94. The molecule has 2 aromatic carbocycles. The van der Waals surface area contributed by atoms with Crippen molar-refractivity contribution in [2.45, 2.75) is 25.7 Å². The highest BCUT2D eigenvalue weighted by atomic mass is 19.4. The monoisotopic (exact) mass is 441 g/mol. The molecule has 1 N–H and O–H groups in total. The van der Waals surface area contributed by atoms with Crippen LogP contribution in [-0.2, 0) is 17.5 Å². The van der Waals surface area contributed by atoms with Gasteiger partial charge in [0.05, 0.1) is 24.7 Å². The molecule has 1 unspecified atom stereocenters. The first-order valence-electron chi connectivity index (χ1n) is 9.06. The Morgan fingerprint density at radius 1 is 1.16 bits per heavy atom. The van der Waals surface area contributed by atoms with Crippen molar-refractivity contribution in [3.05, 3.63) is 57.6 Å². The number of halogens is 3. The van der Waals surface area contributed by atoms with Crippen molar-refractivity contribution in [3.8, 4) is 11.5 Å². The minimum absolute atomic E-state index is 0.182. The van der Waals surface area contributed by atoms with Crippen molar-refractivity contribution in [1.82, 2.24) is 4.90 Å². The molecule has 0 spiro atoms. The van der Waals surface area contributed by atoms with E-state index in [2.05, 4.69) is 5.32 Å². The van der Waals surface area contributed by atoms with E-state index in [0.29, 0.717) is 17.6 Å². The molecular weight excluding hydrogens is 419 g/mol. The molecule has 11 heteroatoms. The van der Waals surface area contributed by atoms with E-state index < -0.39 is 34.3 Å². The van der Waals surface area contributed by atoms with Crippen LogP contribution in [0.3, 0.4) is 0 Å². The molecule has 0 heterocycles. The van der Waals surface area contributed by atoms with Gasteiger partial charge in [0.2, 0.25) is 5.91 Å². The summed E-state index contributed by atoms with van der Waals surface area (Å²) >= 11 is 0. The first kappa shape index (κ1) is 23.8. The second-order valence-electron chi connectivity index (χ2n) is 6.74. The number of likely N-dealkylation sites (N-methyl/N-ethyl adjacent to an activating group) is 1. The predicted molar refractivity (Wildman–Crippen MR) is 107 cm³/mol. The Labute approximate surface area is 176 Å². The lowest BCUT2D eigenvalue weighted by Crippen LogP contribution is -2.38. The minimum atomic E-state index is -4.72. The molecule has 0 aliphatic heterocycles. The summed E-state index contributed by atoms with van der Waals surface area (Å²) in [6.45, 7) is 1.68. The molecule has 2 aromatic rings. The summed E-state index contributed by atoms with van der Waals surface area (Å²) in [5.41, 5.74) is -1.34. The summed E-state index contributed by atoms with van der Waals surface area (Å²) in [4.78, 5) is 24.4. The zero-order valence-electron chi connectivity index (χ0n) is 17.3. The number of nitro groups is 1. The summed E-state index contributed by atoms with van der Waals surface area (Å²) < 4.78 is 48.9. The van der Waals surface area contributed by atoms with E-state index in [1.54, 1.807) is 25.2 Å². The number of rotatable bonds is 8. The lowest BCUT2D eigenvalue weighted by atomic mass is 10.1. The van der Waals surface area contributed by atoms with Crippen LogP contribution < -0.4 is 14.8 Å². The molecule has 1 amide bonds. The highest BCUT2D eigenvalue weighted by molar-refractivity contribution is 5.85. The average molecular weight is 441 g/mol. The van der Waals surface area contributed by atoms with E-state index in [0.717, 1.165) is 17.7 Å². The number of carbonyl (C=O) groups is 1. The van der Waals surface area contributed by atoms with Crippen LogP contribution in [0.25, 0.3) is 0 Å². The second-order valence-corrected chi connectivity index (χ2v) is 6.74. The maximum absolute atomic E-state index is 12.8. The van der Waals surface area contributed by atoms with E-state index in [9.17, 15) is 28.1 Å². The third-order valence-corrected chi connectivity index (χ3v) is 4.51. The van der Waals surface area contributed by atoms with Gasteiger partial charge in [-0.3, -0.25) is 14.9 Å². The summed E-state index contributed by atoms with van der Waals surface area (Å²) in [5.74, 6) is 0.612. The molecule has 0 aliphatic carbocycles. The smallest absolute Gasteiger partial charge is 0.416 e. The van der Waals surface area contributed by atoms with Crippen molar-refractivity contribution in [2.24, 2.45) is 0 Å². The van der Waals surface area contributed by atoms with Crippen LogP contribution in [0.2, 0.25) is 0 Å². The Hall–Kier alpha value is -3.50. The van der Waals surface area contributed by atoms with E-state index >= 15 is 0 Å². The zero-order valence-corrected chi connectivity index (χ0v) is 17.3. The Morgan fingerprint density at radius 3 is 2.35 bits per heavy atom. The number of carbonyl (C=O) groups excluding carboxylic acids is 1. The molecule has 0 bridgehead atoms. The number of nitro benzene ring substituents is 1. The Balaban J connectivity index is 2.15. The number of hydrogen-bond donors (Lipinski definition) is 1. The number of ether oxygens (including phenoxy) is 2. The van der Waals surface area contributed by atoms with Crippen LogP contribution in [0.4, 0.5) is 24.5 Å². The van der Waals surface area contributed by atoms with Gasteiger partial charge in [-0.25, -0.2) is 0 Å². The van der Waals surface area contributed by atoms with E-state index in [1.807, 2.05) is 0 Å². The third-order valence-electron chi connectivity index (χ3n) is 4.51. The predicted octanol–water partition coefficient (Wildman–Crippen LogP) is 4.09. The van der Waals surface area contributed by atoms with Crippen molar-refractivity contribution >= 4 is 17.3 Å². The summed E-state index contributed by atoms with van der Waals surface area (Å²) in [6, 6.07) is 6.33. The average Bonchev–Trinajstić information content (AvgIpc) is 2.72. The van der Waals surface area contributed by atoms with Crippen molar-refractivity contribution in [1.29, 1.82) is 0 Å². The molecular formula is C20H22F3N3O5. The first-order chi connectivity index (χ1) is 14.5. The summed E-state index contributed by atoms with van der Waals surface area (Å²) in [7, 11) is 4.53. The highest BCUT2D eigenvalue weighted by Gasteiger charge is 2.33. The van der Waals surface area contributed by atoms with Gasteiger partial charge in [-0.2, -0.15) is 13.2 Å². The molecule has 2 rings (SSSR count). The third kappa shape index (κ3) is 5.77. The van der Waals surface area contributed by atoms with Gasteiger partial charge in [0.15, 0.2) is 11.5 Å². The molecule has 0 fully saturated rings. The number of nitrogens with one attached hydrogen (secondary N) is 1. The normalized spacial score (nSPS) is 12.1. The second kappa shape index (κ2) is 9.54. The van der Waals surface area contributed by atoms with E-state index in [1.165, 1.54) is 26.0 Å². The Morgan fingerprint density at radius 2 is 1.81 bits per heavy atom. The number of alkyl halides is 3. The molecule has 0 aliphatic rings. The van der Waals surface area contributed by atoms with Crippen LogP contribution >= 0.6 is 0 Å². The van der Waals surface area contributed by atoms with Gasteiger partial charge >= 0.3 is 6.18 Å². The van der Waals surface area contributed by atoms with Gasteiger partial charge in [0.25, 0.3) is 5.69 Å². The number of methoxy groups -OCH3 is 2. The summed E-state index contributed by atoms with van der Waals surface area (Å²) in [6.07, 6.45) is -4.72. The minimum Gasteiger partial charge on any atom is -0.493 e. The van der Waals surface area contributed by atoms with E-state index in [-0.39, 0.29) is 12.2 Å². The fraction of sp³-hybridized carbons (Fsp3) is 0.350. The molecule has 0 saturated heterocycles. The molecule has 0 saturated carbocycles. The van der Waals surface area contributed by atoms with Crippen LogP contribution in [-0.4, -0.2) is 43.0 Å². The number of nitrogens with zero attached hydrogens (tertiary/aromatic N) is 2. The van der Waals surface area contributed by atoms with Crippen molar-refractivity contribution < 1.29 is 32.4 Å². The fourth-order valence-corrected chi connectivity index (χ4v) is 2.94. The van der Waals surface area contributed by atoms with Gasteiger partial charge < -0.3 is 19.7 Å². The molecule has 31 heavy (non-hydrogen) atoms. The van der Waals surface area contributed by atoms with Gasteiger partial charge in [-0.15, -0.1) is 0 Å². The zero-order chi connectivity index (χ0) is 23.3. The maximum Gasteiger partial charge on any atom is 0.416 e. The van der Waals surface area contributed by atoms with Crippen LogP contribution in [0.5, 0.6) is 11.5 Å². The molecule has 1 atom stereocenters. The summed E-state index contributed by atoms with van der Waals surface area (Å²) in [5, 5.41) is 13.9. The first-order valence-corrected chi connectivity index (χ1v) is 9.06. The number of benzene rings is 2. The topological polar surface area (TPSA) is 93.9 Å². The van der Waals surface area contributed by atoms with Crippen LogP contribution in [0.1, 0.15) is 18.1 Å². The lowest BCUT2D eigenvalue weighted by molar-refractivity contribution is -0.384. The van der Waals surface area contributed by atoms with Gasteiger partial charge in [0, 0.05) is 19.7 Å². The molecule has 168 valence electrons. The Kier molecular flexibility index (Phi) is 7.32. The van der Waals surface area contributed by atoms with E-state index in [4.69, 9.17) is 9.47 Å². The van der Waals surface area contributed by atoms with Crippen LogP contribution in [0.15, 0.2) is 36.4 Å². The van der Waals surface area contributed by atoms with Crippen molar-refractivity contribution in [3.63, 3.8) is 0 Å². The maximum atomic E-state index is 12.8. The molecule has 8 nitrogen and oxygen atoms in total. The van der Waals surface area contributed by atoms with Gasteiger partial charge in [0.1, 0.15) is 11.7 Å². The highest BCUT2D eigenvalue weighted by Crippen LogP contribution is 2.35. The van der Waals surface area contributed by atoms with Gasteiger partial charge in [-0.05, 0) is 36.8 Å². The van der Waals surface area contributed by atoms with Crippen molar-refractivity contribution in [2.75, 3.05) is 26.6 Å². The quantitative estimate of drug-likeness (QED) is 0.490. The number of anilines is 1. The Bertz CT molecular complexity index is 966. The standard InChI is InChI=1S/C20H22F3N3O5/c1-12(24-15-7-6-14(20(21,22)23)10-16(15)26(28)29)19(27)25(2)11-13-5-8-17(30-3)18(9-13)31-4/h5-10,12,24H,11H2,1-4H3. The largest absolute Gasteiger partial charge is 0.493 e. The lowest BCUT2D eigenvalue weighted by Gasteiger charge is -2.23. The van der Waals surface area contributed by atoms with Crippen LogP contribution in [0, 0.1) is 10.1 Å². The number of hydrogen-bond acceptors (Lipinski definition) is 6. The van der Waals surface area contributed by atoms with Gasteiger partial charge in [-0.1, -0.05) is 6.07 Å². The number of amides is 1. The SMILES string of the molecule is COc1ccc(CN(C)C(=O)C(C)Nc2ccc(C(F)(F)F)cc2[N+](=O)[O-])cc1OC. The molecule has 0 radical (unpaired) electrons.